The molecule has 0 amide bonds. The third kappa shape index (κ3) is 5.94. The summed E-state index contributed by atoms with van der Waals surface area (Å²) in [6.45, 7) is 22.4. The van der Waals surface area contributed by atoms with Gasteiger partial charge in [0.2, 0.25) is 0 Å². The lowest BCUT2D eigenvalue weighted by molar-refractivity contribution is 0.353. The summed E-state index contributed by atoms with van der Waals surface area (Å²) < 4.78 is 0. The highest BCUT2D eigenvalue weighted by atomic mass is 28.3. The predicted octanol–water partition coefficient (Wildman–Crippen LogP) is 17.6. The zero-order valence-corrected chi connectivity index (χ0v) is 47.4. The van der Waals surface area contributed by atoms with Crippen LogP contribution in [0.25, 0.3) is 99.4 Å². The van der Waals surface area contributed by atoms with Crippen LogP contribution < -0.4 is 15.6 Å². The highest BCUT2D eigenvalue weighted by Gasteiger charge is 2.49. The largest absolute Gasteiger partial charge is 0.113 e. The average Bonchev–Trinajstić information content (AvgIpc) is 4.10. The van der Waals surface area contributed by atoms with E-state index in [1.807, 2.05) is 0 Å². The monoisotopic (exact) mass is 998 g/mol. The van der Waals surface area contributed by atoms with Gasteiger partial charge >= 0.3 is 0 Å². The lowest BCUT2D eigenvalue weighted by Gasteiger charge is -2.36. The van der Waals surface area contributed by atoms with E-state index in [0.29, 0.717) is 0 Å². The fourth-order valence-corrected chi connectivity index (χ4v) is 20.7. The van der Waals surface area contributed by atoms with Crippen LogP contribution in [0.1, 0.15) is 98.7 Å². The molecule has 1 spiro atoms. The minimum absolute atomic E-state index is 0.0173. The molecule has 0 saturated heterocycles. The van der Waals surface area contributed by atoms with E-state index in [9.17, 15) is 0 Å². The number of rotatable bonds is 4. The van der Waals surface area contributed by atoms with Crippen molar-refractivity contribution in [1.29, 1.82) is 0 Å². The van der Waals surface area contributed by atoms with Crippen molar-refractivity contribution >= 4 is 54.0 Å². The van der Waals surface area contributed by atoms with Gasteiger partial charge in [0.05, 0.1) is 8.80 Å². The van der Waals surface area contributed by atoms with Crippen molar-refractivity contribution in [1.82, 2.24) is 0 Å². The summed E-state index contributed by atoms with van der Waals surface area (Å²) in [7, 11) is -2.97. The molecule has 1 saturated carbocycles. The maximum atomic E-state index is 2.74. The van der Waals surface area contributed by atoms with Crippen LogP contribution in [0.15, 0.2) is 170 Å². The number of hydrogen-bond acceptors (Lipinski definition) is 0. The minimum atomic E-state index is -1.86. The first-order valence-corrected chi connectivity index (χ1v) is 34.0. The van der Waals surface area contributed by atoms with Gasteiger partial charge in [-0.3, -0.25) is 0 Å². The van der Waals surface area contributed by atoms with E-state index in [2.05, 4.69) is 231 Å². The van der Waals surface area contributed by atoms with Crippen molar-refractivity contribution in [2.45, 2.75) is 109 Å². The maximum Gasteiger partial charge on any atom is 0.113 e. The van der Waals surface area contributed by atoms with Gasteiger partial charge in [0, 0.05) is 16.2 Å². The molecule has 10 aromatic rings. The molecule has 15 rings (SSSR count). The molecule has 0 atom stereocenters. The molecular weight excluding hydrogens is 933 g/mol. The molecule has 0 N–H and O–H groups in total. The van der Waals surface area contributed by atoms with Gasteiger partial charge in [-0.1, -0.05) is 212 Å². The van der Waals surface area contributed by atoms with Crippen LogP contribution in [0.3, 0.4) is 0 Å². The van der Waals surface area contributed by atoms with E-state index in [1.165, 1.54) is 159 Å². The van der Waals surface area contributed by atoms with Gasteiger partial charge in [0.1, 0.15) is 8.07 Å². The Morgan fingerprint density at radius 1 is 0.360 bits per heavy atom. The van der Waals surface area contributed by atoms with Gasteiger partial charge in [0.15, 0.2) is 0 Å². The first-order valence-electron chi connectivity index (χ1n) is 28.2. The molecule has 10 aromatic carbocycles. The molecule has 0 nitrogen and oxygen atoms in total. The van der Waals surface area contributed by atoms with Crippen molar-refractivity contribution < 1.29 is 0 Å². The van der Waals surface area contributed by atoms with Crippen LogP contribution in [0.4, 0.5) is 0 Å². The van der Waals surface area contributed by atoms with Crippen LogP contribution in [0, 0.1) is 6.92 Å². The molecule has 1 fully saturated rings. The summed E-state index contributed by atoms with van der Waals surface area (Å²) in [6, 6.07) is 67.7. The molecule has 4 aliphatic carbocycles. The van der Waals surface area contributed by atoms with Crippen LogP contribution >= 0.6 is 0 Å². The second-order valence-electron chi connectivity index (χ2n) is 25.2. The van der Waals surface area contributed by atoms with Gasteiger partial charge in [-0.2, -0.15) is 0 Å². The molecule has 75 heavy (non-hydrogen) atoms. The molecule has 0 radical (unpaired) electrons. The summed E-state index contributed by atoms with van der Waals surface area (Å²) >= 11 is 0. The van der Waals surface area contributed by atoms with Crippen molar-refractivity contribution in [2.24, 2.45) is 0 Å². The Morgan fingerprint density at radius 3 is 1.37 bits per heavy atom. The molecule has 1 aliphatic heterocycles. The Hall–Kier alpha value is -6.85. The van der Waals surface area contributed by atoms with E-state index in [4.69, 9.17) is 0 Å². The molecule has 0 unspecified atom stereocenters. The van der Waals surface area contributed by atoms with E-state index in [-0.39, 0.29) is 16.2 Å². The van der Waals surface area contributed by atoms with Gasteiger partial charge < -0.3 is 0 Å². The Morgan fingerprint density at radius 2 is 0.800 bits per heavy atom. The number of hydrogen-bond donors (Lipinski definition) is 0. The standard InChI is InChI=1S/C73H66Si2/c1-43-23-21-30-48(67(43)50-28-15-17-32-64(50)74(6)7)52-37-62-68(46-26-13-11-24-44(46)52)56-41-60-54(39-58(56)71(62,2)3)55-40-59-57(42-61(55)73(60)35-19-10-20-36-73)69-47-27-14-12-25-45(47)53(38-63(69)72(59,4)5)49-31-22-34-66-70(49)51-29-16-18-33-65(51)75(66,8)9/h11-18,21-34,37-42,74H,10,19-20,35-36H2,1-9H3. The Kier molecular flexibility index (Phi) is 9.49. The second kappa shape index (κ2) is 15.6. The number of benzene rings is 10. The maximum absolute atomic E-state index is 2.74. The average molecular weight is 1000 g/mol. The Labute approximate surface area is 447 Å². The summed E-state index contributed by atoms with van der Waals surface area (Å²) in [4.78, 5) is 0. The molecule has 0 aromatic heterocycles. The van der Waals surface area contributed by atoms with E-state index < -0.39 is 16.9 Å². The van der Waals surface area contributed by atoms with Crippen LogP contribution in [-0.2, 0) is 16.2 Å². The molecule has 366 valence electrons. The van der Waals surface area contributed by atoms with Crippen LogP contribution in [0.2, 0.25) is 26.2 Å². The normalized spacial score (nSPS) is 17.1. The topological polar surface area (TPSA) is 0 Å². The number of fused-ring (bicyclic) bond motifs is 18. The van der Waals surface area contributed by atoms with Crippen molar-refractivity contribution in [3.05, 3.63) is 209 Å². The van der Waals surface area contributed by atoms with Crippen molar-refractivity contribution in [2.75, 3.05) is 0 Å². The lowest BCUT2D eigenvalue weighted by atomic mass is 9.67. The lowest BCUT2D eigenvalue weighted by Crippen LogP contribution is -2.49. The molecule has 1 heterocycles. The summed E-state index contributed by atoms with van der Waals surface area (Å²) in [5, 5.41) is 10.1. The van der Waals surface area contributed by atoms with Crippen molar-refractivity contribution in [3.8, 4) is 77.9 Å². The fraction of sp³-hybridized carbons (Fsp3) is 0.233. The minimum Gasteiger partial charge on any atom is -0.0682 e. The van der Waals surface area contributed by atoms with Gasteiger partial charge in [-0.05, 0) is 205 Å². The Balaban J connectivity index is 0.927. The summed E-state index contributed by atoms with van der Waals surface area (Å²) in [5.74, 6) is 0. The molecular formula is C73H66Si2. The van der Waals surface area contributed by atoms with E-state index in [0.717, 1.165) is 0 Å². The highest BCUT2D eigenvalue weighted by Crippen LogP contribution is 2.64. The first kappa shape index (κ1) is 45.5. The SMILES string of the molecule is Cc1cccc(-c2cc3c(c4ccccc24)-c2cc4c(cc2C3(C)C)-c2cc3c(cc2C42CCCCC2)-c2c(cc(-c4cccc5c4-c4ccccc4[Si]5(C)C)c4ccccc24)C3(C)C)c1-c1ccccc1[SiH](C)C. The summed E-state index contributed by atoms with van der Waals surface area (Å²) in [6.07, 6.45) is 6.25. The second-order valence-corrected chi connectivity index (χ2v) is 32.5. The van der Waals surface area contributed by atoms with Crippen molar-refractivity contribution in [3.63, 3.8) is 0 Å². The molecule has 5 aliphatic rings. The van der Waals surface area contributed by atoms with Gasteiger partial charge in [-0.25, -0.2) is 0 Å². The van der Waals surface area contributed by atoms with Gasteiger partial charge in [-0.15, -0.1) is 0 Å². The molecule has 0 bridgehead atoms. The quantitative estimate of drug-likeness (QED) is 0.154. The highest BCUT2D eigenvalue weighted by molar-refractivity contribution is 7.04. The zero-order valence-electron chi connectivity index (χ0n) is 45.3. The van der Waals surface area contributed by atoms with E-state index >= 15 is 0 Å². The summed E-state index contributed by atoms with van der Waals surface area (Å²) in [5.41, 5.74) is 29.9. The third-order valence-electron chi connectivity index (χ3n) is 20.0. The fourth-order valence-electron chi connectivity index (χ4n) is 16.2. The zero-order chi connectivity index (χ0) is 51.1. The smallest absolute Gasteiger partial charge is 0.0682 e. The van der Waals surface area contributed by atoms with Gasteiger partial charge in [0.25, 0.3) is 0 Å². The van der Waals surface area contributed by atoms with Crippen LogP contribution in [-0.4, -0.2) is 16.9 Å². The van der Waals surface area contributed by atoms with E-state index in [1.54, 1.807) is 26.7 Å². The third-order valence-corrected chi connectivity index (χ3v) is 25.3. The first-order chi connectivity index (χ1) is 36.2. The van der Waals surface area contributed by atoms with Crippen LogP contribution in [0.5, 0.6) is 0 Å². The predicted molar refractivity (Wildman–Crippen MR) is 328 cm³/mol. The Bertz CT molecular complexity index is 4170. The molecule has 2 heteroatoms. The number of aryl methyl sites for hydroxylation is 1.